The van der Waals surface area contributed by atoms with Crippen molar-refractivity contribution in [1.29, 1.82) is 0 Å². The first-order valence-corrected chi connectivity index (χ1v) is 8.84. The Hall–Kier alpha value is -0.130. The molecule has 0 radical (unpaired) electrons. The summed E-state index contributed by atoms with van der Waals surface area (Å²) >= 11 is 0. The Labute approximate surface area is 111 Å². The predicted octanol–water partition coefficient (Wildman–Crippen LogP) is 1.61. The molecule has 0 aliphatic carbocycles. The van der Waals surface area contributed by atoms with E-state index in [1.54, 1.807) is 0 Å². The highest BCUT2D eigenvalue weighted by Gasteiger charge is 2.22. The van der Waals surface area contributed by atoms with Crippen LogP contribution in [0.3, 0.4) is 0 Å². The number of ether oxygens (including phenoxy) is 1. The summed E-state index contributed by atoms with van der Waals surface area (Å²) in [7, 11) is -2.96. The third-order valence-electron chi connectivity index (χ3n) is 3.19. The van der Waals surface area contributed by atoms with E-state index < -0.39 is 9.84 Å². The standard InChI is InChI=1S/C13H27NO3S/c1-12(2)5-3-7-14-8-10-18(15,16)11-13-6-4-9-17-13/h12-14H,3-11H2,1-2H3. The highest BCUT2D eigenvalue weighted by molar-refractivity contribution is 7.91. The summed E-state index contributed by atoms with van der Waals surface area (Å²) in [6, 6.07) is 0. The van der Waals surface area contributed by atoms with Gasteiger partial charge in [-0.05, 0) is 38.1 Å². The molecule has 0 aromatic rings. The van der Waals surface area contributed by atoms with Gasteiger partial charge in [0.15, 0.2) is 9.84 Å². The van der Waals surface area contributed by atoms with Crippen molar-refractivity contribution in [1.82, 2.24) is 5.32 Å². The lowest BCUT2D eigenvalue weighted by Gasteiger charge is -2.11. The highest BCUT2D eigenvalue weighted by Crippen LogP contribution is 2.14. The van der Waals surface area contributed by atoms with Crippen molar-refractivity contribution < 1.29 is 13.2 Å². The van der Waals surface area contributed by atoms with Gasteiger partial charge < -0.3 is 10.1 Å². The Morgan fingerprint density at radius 3 is 2.72 bits per heavy atom. The molecule has 1 N–H and O–H groups in total. The van der Waals surface area contributed by atoms with Gasteiger partial charge >= 0.3 is 0 Å². The number of nitrogens with one attached hydrogen (secondary N) is 1. The Morgan fingerprint density at radius 2 is 2.11 bits per heavy atom. The summed E-state index contributed by atoms with van der Waals surface area (Å²) < 4.78 is 29.0. The van der Waals surface area contributed by atoms with Crippen molar-refractivity contribution in [3.05, 3.63) is 0 Å². The summed E-state index contributed by atoms with van der Waals surface area (Å²) in [4.78, 5) is 0. The lowest BCUT2D eigenvalue weighted by molar-refractivity contribution is 0.127. The third-order valence-corrected chi connectivity index (χ3v) is 4.89. The minimum atomic E-state index is -2.96. The molecule has 1 atom stereocenters. The second-order valence-corrected chi connectivity index (χ2v) is 7.76. The molecule has 1 rings (SSSR count). The van der Waals surface area contributed by atoms with Crippen LogP contribution in [0.1, 0.15) is 39.5 Å². The number of sulfone groups is 1. The molecule has 1 aliphatic heterocycles. The molecule has 0 bridgehead atoms. The van der Waals surface area contributed by atoms with Gasteiger partial charge in [-0.2, -0.15) is 0 Å². The molecule has 1 fully saturated rings. The molecule has 108 valence electrons. The summed E-state index contributed by atoms with van der Waals surface area (Å²) in [6.07, 6.45) is 4.13. The minimum Gasteiger partial charge on any atom is -0.377 e. The van der Waals surface area contributed by atoms with Crippen molar-refractivity contribution in [2.45, 2.75) is 45.6 Å². The molecule has 0 spiro atoms. The van der Waals surface area contributed by atoms with Crippen molar-refractivity contribution in [2.75, 3.05) is 31.2 Å². The smallest absolute Gasteiger partial charge is 0.154 e. The SMILES string of the molecule is CC(C)CCCNCCS(=O)(=O)CC1CCCO1. The zero-order chi connectivity index (χ0) is 13.4. The molecule has 0 aromatic heterocycles. The number of rotatable bonds is 9. The van der Waals surface area contributed by atoms with Gasteiger partial charge in [0, 0.05) is 13.2 Å². The van der Waals surface area contributed by atoms with Crippen LogP contribution in [0.5, 0.6) is 0 Å². The molecule has 1 aliphatic rings. The summed E-state index contributed by atoms with van der Waals surface area (Å²) in [6.45, 7) is 6.59. The highest BCUT2D eigenvalue weighted by atomic mass is 32.2. The molecule has 4 nitrogen and oxygen atoms in total. The average molecular weight is 277 g/mol. The van der Waals surface area contributed by atoms with Crippen molar-refractivity contribution >= 4 is 9.84 Å². The van der Waals surface area contributed by atoms with Crippen molar-refractivity contribution in [3.63, 3.8) is 0 Å². The molecule has 18 heavy (non-hydrogen) atoms. The maximum Gasteiger partial charge on any atom is 0.154 e. The van der Waals surface area contributed by atoms with E-state index in [9.17, 15) is 8.42 Å². The molecular formula is C13H27NO3S. The maximum atomic E-state index is 11.8. The van der Waals surface area contributed by atoms with Crippen LogP contribution in [0.25, 0.3) is 0 Å². The van der Waals surface area contributed by atoms with E-state index in [4.69, 9.17) is 4.74 Å². The lowest BCUT2D eigenvalue weighted by Crippen LogP contribution is -2.29. The number of hydrogen-bond donors (Lipinski definition) is 1. The van der Waals surface area contributed by atoms with E-state index in [0.29, 0.717) is 13.2 Å². The van der Waals surface area contributed by atoms with Gasteiger partial charge in [-0.15, -0.1) is 0 Å². The Kier molecular flexibility index (Phi) is 7.19. The first-order chi connectivity index (χ1) is 8.49. The largest absolute Gasteiger partial charge is 0.377 e. The first kappa shape index (κ1) is 15.9. The Bertz CT molecular complexity index is 308. The zero-order valence-corrected chi connectivity index (χ0v) is 12.5. The van der Waals surface area contributed by atoms with Gasteiger partial charge in [0.2, 0.25) is 0 Å². The van der Waals surface area contributed by atoms with Crippen LogP contribution in [0.2, 0.25) is 0 Å². The second kappa shape index (κ2) is 8.12. The van der Waals surface area contributed by atoms with Gasteiger partial charge in [-0.25, -0.2) is 8.42 Å². The fraction of sp³-hybridized carbons (Fsp3) is 1.00. The van der Waals surface area contributed by atoms with Crippen LogP contribution in [-0.4, -0.2) is 45.7 Å². The van der Waals surface area contributed by atoms with Crippen LogP contribution in [0.4, 0.5) is 0 Å². The fourth-order valence-electron chi connectivity index (χ4n) is 2.13. The molecule has 1 heterocycles. The summed E-state index contributed by atoms with van der Waals surface area (Å²) in [5.41, 5.74) is 0. The second-order valence-electron chi connectivity index (χ2n) is 5.54. The quantitative estimate of drug-likeness (QED) is 0.651. The van der Waals surface area contributed by atoms with Gasteiger partial charge in [0.05, 0.1) is 17.6 Å². The summed E-state index contributed by atoms with van der Waals surface area (Å²) in [5, 5.41) is 3.20. The van der Waals surface area contributed by atoms with Crippen LogP contribution in [-0.2, 0) is 14.6 Å². The molecule has 1 unspecified atom stereocenters. The van der Waals surface area contributed by atoms with Crippen molar-refractivity contribution in [2.24, 2.45) is 5.92 Å². The van der Waals surface area contributed by atoms with E-state index in [1.165, 1.54) is 6.42 Å². The molecule has 1 saturated heterocycles. The van der Waals surface area contributed by atoms with Crippen LogP contribution in [0, 0.1) is 5.92 Å². The van der Waals surface area contributed by atoms with Gasteiger partial charge in [0.25, 0.3) is 0 Å². The van der Waals surface area contributed by atoms with E-state index in [2.05, 4.69) is 19.2 Å². The van der Waals surface area contributed by atoms with Crippen LogP contribution in [0.15, 0.2) is 0 Å². The monoisotopic (exact) mass is 277 g/mol. The Morgan fingerprint density at radius 1 is 1.33 bits per heavy atom. The average Bonchev–Trinajstić information content (AvgIpc) is 2.74. The maximum absolute atomic E-state index is 11.8. The van der Waals surface area contributed by atoms with E-state index in [1.807, 2.05) is 0 Å². The van der Waals surface area contributed by atoms with E-state index in [-0.39, 0.29) is 17.6 Å². The normalized spacial score (nSPS) is 20.7. The number of hydrogen-bond acceptors (Lipinski definition) is 4. The molecule has 0 saturated carbocycles. The van der Waals surface area contributed by atoms with Crippen LogP contribution < -0.4 is 5.32 Å². The topological polar surface area (TPSA) is 55.4 Å². The summed E-state index contributed by atoms with van der Waals surface area (Å²) in [5.74, 6) is 1.14. The lowest BCUT2D eigenvalue weighted by atomic mass is 10.1. The Balaban J connectivity index is 2.06. The van der Waals surface area contributed by atoms with Gasteiger partial charge in [0.1, 0.15) is 0 Å². The predicted molar refractivity (Wildman–Crippen MR) is 74.6 cm³/mol. The van der Waals surface area contributed by atoms with Crippen LogP contribution >= 0.6 is 0 Å². The van der Waals surface area contributed by atoms with Gasteiger partial charge in [-0.1, -0.05) is 13.8 Å². The van der Waals surface area contributed by atoms with Crippen molar-refractivity contribution in [3.8, 4) is 0 Å². The molecule has 5 heteroatoms. The minimum absolute atomic E-state index is 0.0593. The zero-order valence-electron chi connectivity index (χ0n) is 11.7. The van der Waals surface area contributed by atoms with E-state index in [0.717, 1.165) is 31.7 Å². The fourth-order valence-corrected chi connectivity index (χ4v) is 3.58. The molecule has 0 amide bonds. The molecule has 0 aromatic carbocycles. The van der Waals surface area contributed by atoms with Gasteiger partial charge in [-0.3, -0.25) is 0 Å². The molecular weight excluding hydrogens is 250 g/mol. The first-order valence-electron chi connectivity index (χ1n) is 7.02. The third kappa shape index (κ3) is 7.34. The van der Waals surface area contributed by atoms with E-state index >= 15 is 0 Å².